The minimum Gasteiger partial charge on any atom is -0.458 e. The Morgan fingerprint density at radius 1 is 0.760 bits per heavy atom. The molecule has 2 N–H and O–H groups in total. The van der Waals surface area contributed by atoms with Crippen molar-refractivity contribution in [3.05, 3.63) is 71.3 Å². The van der Waals surface area contributed by atoms with Crippen LogP contribution >= 0.6 is 0 Å². The van der Waals surface area contributed by atoms with Crippen molar-refractivity contribution >= 4 is 23.9 Å². The van der Waals surface area contributed by atoms with Gasteiger partial charge in [0.2, 0.25) is 11.8 Å². The quantitative estimate of drug-likeness (QED) is 0.149. The second-order valence-electron chi connectivity index (χ2n) is 15.8. The maximum Gasteiger partial charge on any atom is 0.408 e. The van der Waals surface area contributed by atoms with E-state index in [1.54, 1.807) is 65.8 Å². The van der Waals surface area contributed by atoms with E-state index in [4.69, 9.17) is 15.9 Å². The van der Waals surface area contributed by atoms with Crippen molar-refractivity contribution in [2.75, 3.05) is 0 Å². The first-order chi connectivity index (χ1) is 23.2. The van der Waals surface area contributed by atoms with E-state index >= 15 is 0 Å². The molecule has 50 heavy (non-hydrogen) atoms. The van der Waals surface area contributed by atoms with E-state index < -0.39 is 59.2 Å². The fourth-order valence-electron chi connectivity index (χ4n) is 5.59. The Morgan fingerprint density at radius 2 is 1.34 bits per heavy atom. The van der Waals surface area contributed by atoms with Gasteiger partial charge in [0.25, 0.3) is 0 Å². The third-order valence-electron chi connectivity index (χ3n) is 7.82. The molecule has 4 unspecified atom stereocenters. The summed E-state index contributed by atoms with van der Waals surface area (Å²) in [4.78, 5) is 58.0. The van der Waals surface area contributed by atoms with Crippen molar-refractivity contribution in [2.45, 2.75) is 137 Å². The molecule has 9 nitrogen and oxygen atoms in total. The lowest BCUT2D eigenvalue weighted by Gasteiger charge is -2.40. The molecule has 4 atom stereocenters. The van der Waals surface area contributed by atoms with Crippen LogP contribution in [0.2, 0.25) is 0 Å². The fourth-order valence-corrected chi connectivity index (χ4v) is 5.59. The molecule has 9 heteroatoms. The van der Waals surface area contributed by atoms with Crippen LogP contribution in [0.1, 0.15) is 118 Å². The van der Waals surface area contributed by atoms with Crippen LogP contribution in [0.5, 0.6) is 0 Å². The summed E-state index contributed by atoms with van der Waals surface area (Å²) < 4.78 is 11.3. The van der Waals surface area contributed by atoms with E-state index in [2.05, 4.69) is 30.4 Å². The minimum absolute atomic E-state index is 0.0133. The SMILES string of the molecule is C#Cc1ccccc1C(C(=O)NC(Cc1ccccc1)C(=O)OC(C)(C)C)N(C(=O)C(CC(C)C)NC(=O)OC(C)(C)C)C(C)CCC(C)C. The average molecular weight is 690 g/mol. The summed E-state index contributed by atoms with van der Waals surface area (Å²) in [6.45, 7) is 20.5. The predicted octanol–water partition coefficient (Wildman–Crippen LogP) is 7.37. The zero-order valence-corrected chi connectivity index (χ0v) is 32.0. The van der Waals surface area contributed by atoms with Gasteiger partial charge >= 0.3 is 12.1 Å². The lowest BCUT2D eigenvalue weighted by atomic mass is 9.93. The normalized spacial score (nSPS) is 14.2. The molecule has 0 bridgehead atoms. The zero-order chi connectivity index (χ0) is 37.8. The van der Waals surface area contributed by atoms with Crippen LogP contribution < -0.4 is 10.6 Å². The standard InChI is InChI=1S/C41H59N3O6/c1-13-31-21-17-18-22-32(31)35(36(45)42-34(38(47)49-40(7,8)9)26-30-19-15-14-16-20-30)44(29(6)24-23-27(2)3)37(46)33(25-28(4)5)43-39(48)50-41(10,11)12/h1,14-22,27-29,33-35H,23-26H2,2-12H3,(H,42,45)(H,43,48). The maximum atomic E-state index is 14.9. The third kappa shape index (κ3) is 13.9. The highest BCUT2D eigenvalue weighted by atomic mass is 16.6. The Hall–Kier alpha value is -4.32. The smallest absolute Gasteiger partial charge is 0.408 e. The fraction of sp³-hybridized carbons (Fsp3) is 0.561. The first-order valence-corrected chi connectivity index (χ1v) is 17.7. The molecule has 274 valence electrons. The Bertz CT molecular complexity index is 1470. The molecule has 0 aromatic heterocycles. The van der Waals surface area contributed by atoms with E-state index in [1.807, 2.05) is 51.1 Å². The monoisotopic (exact) mass is 689 g/mol. The van der Waals surface area contributed by atoms with Crippen molar-refractivity contribution in [3.63, 3.8) is 0 Å². The largest absolute Gasteiger partial charge is 0.458 e. The molecular weight excluding hydrogens is 630 g/mol. The number of nitrogens with one attached hydrogen (secondary N) is 2. The molecule has 0 heterocycles. The van der Waals surface area contributed by atoms with Gasteiger partial charge in [-0.25, -0.2) is 9.59 Å². The number of hydrogen-bond donors (Lipinski definition) is 2. The summed E-state index contributed by atoms with van der Waals surface area (Å²) in [7, 11) is 0. The number of amides is 3. The van der Waals surface area contributed by atoms with E-state index in [0.29, 0.717) is 29.9 Å². The molecule has 0 saturated carbocycles. The van der Waals surface area contributed by atoms with E-state index in [9.17, 15) is 19.2 Å². The molecule has 2 aromatic rings. The number of nitrogens with zero attached hydrogens (tertiary/aromatic N) is 1. The number of ether oxygens (including phenoxy) is 2. The van der Waals surface area contributed by atoms with Gasteiger partial charge in [-0.3, -0.25) is 9.59 Å². The van der Waals surface area contributed by atoms with Crippen LogP contribution in [-0.4, -0.2) is 58.1 Å². The zero-order valence-electron chi connectivity index (χ0n) is 32.0. The molecule has 3 amide bonds. The van der Waals surface area contributed by atoms with Gasteiger partial charge < -0.3 is 25.0 Å². The van der Waals surface area contributed by atoms with E-state index in [-0.39, 0.29) is 12.3 Å². The topological polar surface area (TPSA) is 114 Å². The number of terminal acetylenes is 1. The second kappa shape index (κ2) is 18.6. The van der Waals surface area contributed by atoms with Crippen LogP contribution in [-0.2, 0) is 30.3 Å². The molecule has 0 spiro atoms. The lowest BCUT2D eigenvalue weighted by Crippen LogP contribution is -2.57. The van der Waals surface area contributed by atoms with E-state index in [0.717, 1.165) is 12.0 Å². The highest BCUT2D eigenvalue weighted by Crippen LogP contribution is 2.31. The molecule has 0 saturated heterocycles. The third-order valence-corrected chi connectivity index (χ3v) is 7.82. The summed E-state index contributed by atoms with van der Waals surface area (Å²) >= 11 is 0. The van der Waals surface area contributed by atoms with Crippen molar-refractivity contribution in [1.82, 2.24) is 15.5 Å². The van der Waals surface area contributed by atoms with Gasteiger partial charge in [0.05, 0.1) is 0 Å². The van der Waals surface area contributed by atoms with Gasteiger partial charge in [-0.05, 0) is 96.8 Å². The second-order valence-corrected chi connectivity index (χ2v) is 15.8. The summed E-state index contributed by atoms with van der Waals surface area (Å²) in [5.41, 5.74) is 0.0840. The Labute approximate surface area is 300 Å². The number of rotatable bonds is 15. The van der Waals surface area contributed by atoms with Crippen LogP contribution in [0.4, 0.5) is 4.79 Å². The molecule has 0 fully saturated rings. The van der Waals surface area contributed by atoms with Gasteiger partial charge in [-0.15, -0.1) is 6.42 Å². The highest BCUT2D eigenvalue weighted by molar-refractivity contribution is 5.94. The Morgan fingerprint density at radius 3 is 1.88 bits per heavy atom. The van der Waals surface area contributed by atoms with Crippen molar-refractivity contribution < 1.29 is 28.7 Å². The van der Waals surface area contributed by atoms with Crippen molar-refractivity contribution in [3.8, 4) is 12.3 Å². The van der Waals surface area contributed by atoms with Crippen LogP contribution in [0.25, 0.3) is 0 Å². The average Bonchev–Trinajstić information content (AvgIpc) is 3.00. The number of carbonyl (C=O) groups is 4. The number of hydrogen-bond acceptors (Lipinski definition) is 6. The molecule has 0 aliphatic heterocycles. The summed E-state index contributed by atoms with van der Waals surface area (Å²) in [5, 5.41) is 5.75. The first-order valence-electron chi connectivity index (χ1n) is 17.7. The van der Waals surface area contributed by atoms with Crippen LogP contribution in [0, 0.1) is 24.2 Å². The van der Waals surface area contributed by atoms with Crippen molar-refractivity contribution in [1.29, 1.82) is 0 Å². The lowest BCUT2D eigenvalue weighted by molar-refractivity contribution is -0.159. The highest BCUT2D eigenvalue weighted by Gasteiger charge is 2.41. The first kappa shape index (κ1) is 41.8. The van der Waals surface area contributed by atoms with E-state index in [1.165, 1.54) is 4.90 Å². The minimum atomic E-state index is -1.24. The summed E-state index contributed by atoms with van der Waals surface area (Å²) in [6.07, 6.45) is 7.06. The number of esters is 1. The van der Waals surface area contributed by atoms with Crippen molar-refractivity contribution in [2.24, 2.45) is 11.8 Å². The molecule has 2 rings (SSSR count). The van der Waals surface area contributed by atoms with Gasteiger partial charge in [0.1, 0.15) is 29.3 Å². The predicted molar refractivity (Wildman–Crippen MR) is 198 cm³/mol. The number of alkyl carbamates (subject to hydrolysis) is 1. The van der Waals surface area contributed by atoms with Gasteiger partial charge in [-0.1, -0.05) is 82.1 Å². The van der Waals surface area contributed by atoms with Crippen LogP contribution in [0.3, 0.4) is 0 Å². The summed E-state index contributed by atoms with van der Waals surface area (Å²) in [5.74, 6) is 1.37. The number of carbonyl (C=O) groups excluding carboxylic acids is 4. The summed E-state index contributed by atoms with van der Waals surface area (Å²) in [6, 6.07) is 12.5. The molecule has 0 radical (unpaired) electrons. The van der Waals surface area contributed by atoms with Gasteiger partial charge in [0, 0.05) is 18.0 Å². The molecular formula is C41H59N3O6. The van der Waals surface area contributed by atoms with Gasteiger partial charge in [-0.2, -0.15) is 0 Å². The molecule has 2 aromatic carbocycles. The molecule has 0 aliphatic rings. The van der Waals surface area contributed by atoms with Gasteiger partial charge in [0.15, 0.2) is 0 Å². The van der Waals surface area contributed by atoms with Crippen LogP contribution in [0.15, 0.2) is 54.6 Å². The Balaban J connectivity index is 2.77. The Kier molecular flexibility index (Phi) is 15.6. The molecule has 0 aliphatic carbocycles. The maximum absolute atomic E-state index is 14.9. The number of benzene rings is 2.